The highest BCUT2D eigenvalue weighted by Gasteiger charge is 2.10. The van der Waals surface area contributed by atoms with Crippen LogP contribution in [0.2, 0.25) is 0 Å². The van der Waals surface area contributed by atoms with Crippen molar-refractivity contribution in [3.8, 4) is 11.8 Å². The van der Waals surface area contributed by atoms with Gasteiger partial charge in [-0.05, 0) is 6.92 Å². The number of esters is 1. The minimum absolute atomic E-state index is 0.159. The molecule has 86 valence electrons. The molecule has 1 heterocycles. The van der Waals surface area contributed by atoms with Crippen LogP contribution in [0.3, 0.4) is 0 Å². The summed E-state index contributed by atoms with van der Waals surface area (Å²) in [6, 6.07) is 0. The van der Waals surface area contributed by atoms with Crippen LogP contribution >= 0.6 is 11.3 Å². The highest BCUT2D eigenvalue weighted by molar-refractivity contribution is 7.13. The van der Waals surface area contributed by atoms with Crippen LogP contribution in [0.15, 0.2) is 5.38 Å². The molecule has 16 heavy (non-hydrogen) atoms. The van der Waals surface area contributed by atoms with Crippen LogP contribution in [0.4, 0.5) is 5.13 Å². The summed E-state index contributed by atoms with van der Waals surface area (Å²) in [4.78, 5) is 15.3. The lowest BCUT2D eigenvalue weighted by Crippen LogP contribution is -2.05. The maximum absolute atomic E-state index is 11.3. The van der Waals surface area contributed by atoms with Crippen molar-refractivity contribution in [3.05, 3.63) is 11.1 Å². The van der Waals surface area contributed by atoms with Crippen molar-refractivity contribution in [2.45, 2.75) is 6.92 Å². The summed E-state index contributed by atoms with van der Waals surface area (Å²) in [5, 5.41) is 13.6. The standard InChI is InChI=1S/C10H12N2O3S/c1-2-15-9(14)8-7-16-10(12-8)11-5-3-4-6-13/h7,13H,2,5-6H2,1H3,(H,11,12). The summed E-state index contributed by atoms with van der Waals surface area (Å²) in [5.41, 5.74) is 0.296. The fraction of sp³-hybridized carbons (Fsp3) is 0.400. The van der Waals surface area contributed by atoms with Gasteiger partial charge in [-0.25, -0.2) is 9.78 Å². The first-order valence-electron chi connectivity index (χ1n) is 4.71. The Balaban J connectivity index is 2.48. The molecule has 0 unspecified atom stereocenters. The number of thiazole rings is 1. The molecule has 0 aliphatic rings. The number of aliphatic hydroxyl groups excluding tert-OH is 1. The second-order valence-corrected chi connectivity index (χ2v) is 3.48. The van der Waals surface area contributed by atoms with Gasteiger partial charge in [-0.3, -0.25) is 0 Å². The number of carbonyl (C=O) groups excluding carboxylic acids is 1. The number of hydrogen-bond donors (Lipinski definition) is 2. The topological polar surface area (TPSA) is 71.5 Å². The minimum Gasteiger partial charge on any atom is -0.461 e. The molecule has 0 atom stereocenters. The lowest BCUT2D eigenvalue weighted by molar-refractivity contribution is 0.0520. The van der Waals surface area contributed by atoms with Crippen LogP contribution in [0.1, 0.15) is 17.4 Å². The van der Waals surface area contributed by atoms with Gasteiger partial charge in [0.2, 0.25) is 0 Å². The van der Waals surface area contributed by atoms with E-state index in [0.29, 0.717) is 24.0 Å². The zero-order valence-electron chi connectivity index (χ0n) is 8.82. The summed E-state index contributed by atoms with van der Waals surface area (Å²) in [7, 11) is 0. The molecule has 0 spiro atoms. The second-order valence-electron chi connectivity index (χ2n) is 2.62. The first-order valence-corrected chi connectivity index (χ1v) is 5.59. The third-order valence-electron chi connectivity index (χ3n) is 1.52. The normalized spacial score (nSPS) is 9.12. The Hall–Kier alpha value is -1.58. The first-order chi connectivity index (χ1) is 7.77. The summed E-state index contributed by atoms with van der Waals surface area (Å²) in [5.74, 6) is 4.76. The number of carbonyl (C=O) groups is 1. The Kier molecular flexibility index (Phi) is 5.32. The van der Waals surface area contributed by atoms with Gasteiger partial charge in [-0.2, -0.15) is 0 Å². The zero-order valence-corrected chi connectivity index (χ0v) is 9.63. The SMILES string of the molecule is CCOC(=O)c1csc(NCC#CCO)n1. The van der Waals surface area contributed by atoms with Crippen molar-refractivity contribution in [2.75, 3.05) is 25.1 Å². The molecule has 1 rings (SSSR count). The van der Waals surface area contributed by atoms with Crippen LogP contribution in [-0.4, -0.2) is 35.8 Å². The molecule has 2 N–H and O–H groups in total. The van der Waals surface area contributed by atoms with Gasteiger partial charge in [0, 0.05) is 5.38 Å². The Labute approximate surface area is 97.5 Å². The molecule has 0 fully saturated rings. The van der Waals surface area contributed by atoms with E-state index in [0.717, 1.165) is 0 Å². The van der Waals surface area contributed by atoms with Gasteiger partial charge in [0.25, 0.3) is 0 Å². The third kappa shape index (κ3) is 3.88. The Morgan fingerprint density at radius 3 is 3.19 bits per heavy atom. The smallest absolute Gasteiger partial charge is 0.357 e. The number of hydrogen-bond acceptors (Lipinski definition) is 6. The highest BCUT2D eigenvalue weighted by Crippen LogP contribution is 2.15. The van der Waals surface area contributed by atoms with Gasteiger partial charge in [-0.15, -0.1) is 11.3 Å². The molecule has 0 saturated heterocycles. The van der Waals surface area contributed by atoms with Gasteiger partial charge in [-0.1, -0.05) is 11.8 Å². The highest BCUT2D eigenvalue weighted by atomic mass is 32.1. The molecule has 0 radical (unpaired) electrons. The lowest BCUT2D eigenvalue weighted by Gasteiger charge is -1.96. The molecule has 0 bridgehead atoms. The van der Waals surface area contributed by atoms with Crippen molar-refractivity contribution >= 4 is 22.4 Å². The molecule has 1 aromatic heterocycles. The van der Waals surface area contributed by atoms with Gasteiger partial charge < -0.3 is 15.2 Å². The molecule has 0 aromatic carbocycles. The summed E-state index contributed by atoms with van der Waals surface area (Å²) in [6.45, 7) is 2.30. The zero-order chi connectivity index (χ0) is 11.8. The lowest BCUT2D eigenvalue weighted by atomic mass is 10.5. The van der Waals surface area contributed by atoms with Crippen LogP contribution in [-0.2, 0) is 4.74 Å². The maximum atomic E-state index is 11.3. The van der Waals surface area contributed by atoms with Crippen LogP contribution in [0.25, 0.3) is 0 Å². The van der Waals surface area contributed by atoms with Crippen molar-refractivity contribution < 1.29 is 14.6 Å². The van der Waals surface area contributed by atoms with Crippen molar-refractivity contribution in [1.82, 2.24) is 4.98 Å². The van der Waals surface area contributed by atoms with E-state index < -0.39 is 5.97 Å². The Morgan fingerprint density at radius 1 is 1.69 bits per heavy atom. The largest absolute Gasteiger partial charge is 0.461 e. The number of ether oxygens (including phenoxy) is 1. The van der Waals surface area contributed by atoms with Crippen LogP contribution in [0, 0.1) is 11.8 Å². The average Bonchev–Trinajstić information content (AvgIpc) is 2.73. The molecule has 0 aliphatic carbocycles. The summed E-state index contributed by atoms with van der Waals surface area (Å²) in [6.07, 6.45) is 0. The van der Waals surface area contributed by atoms with E-state index in [4.69, 9.17) is 9.84 Å². The van der Waals surface area contributed by atoms with Gasteiger partial charge in [0.05, 0.1) is 13.2 Å². The number of nitrogens with zero attached hydrogens (tertiary/aromatic N) is 1. The predicted octanol–water partition coefficient (Wildman–Crippen LogP) is 0.727. The molecular formula is C10H12N2O3S. The molecule has 1 aromatic rings. The van der Waals surface area contributed by atoms with E-state index in [2.05, 4.69) is 22.1 Å². The molecular weight excluding hydrogens is 228 g/mol. The van der Waals surface area contributed by atoms with Gasteiger partial charge >= 0.3 is 5.97 Å². The van der Waals surface area contributed by atoms with E-state index >= 15 is 0 Å². The Morgan fingerprint density at radius 2 is 2.50 bits per heavy atom. The number of rotatable bonds is 4. The maximum Gasteiger partial charge on any atom is 0.357 e. The average molecular weight is 240 g/mol. The number of aromatic nitrogens is 1. The molecule has 0 saturated carbocycles. The van der Waals surface area contributed by atoms with Crippen molar-refractivity contribution in [3.63, 3.8) is 0 Å². The fourth-order valence-corrected chi connectivity index (χ4v) is 1.57. The van der Waals surface area contributed by atoms with Crippen LogP contribution < -0.4 is 5.32 Å². The molecule has 0 amide bonds. The van der Waals surface area contributed by atoms with Gasteiger partial charge in [0.1, 0.15) is 6.61 Å². The summed E-state index contributed by atoms with van der Waals surface area (Å²) >= 11 is 1.31. The monoisotopic (exact) mass is 240 g/mol. The number of nitrogens with one attached hydrogen (secondary N) is 1. The molecule has 0 aliphatic heterocycles. The third-order valence-corrected chi connectivity index (χ3v) is 2.32. The van der Waals surface area contributed by atoms with Crippen LogP contribution in [0.5, 0.6) is 0 Å². The van der Waals surface area contributed by atoms with E-state index in [1.807, 2.05) is 0 Å². The van der Waals surface area contributed by atoms with E-state index in [1.165, 1.54) is 11.3 Å². The minimum atomic E-state index is -0.423. The number of aliphatic hydroxyl groups is 1. The van der Waals surface area contributed by atoms with Crippen molar-refractivity contribution in [1.29, 1.82) is 0 Å². The van der Waals surface area contributed by atoms with E-state index in [9.17, 15) is 4.79 Å². The molecule has 5 nitrogen and oxygen atoms in total. The van der Waals surface area contributed by atoms with Crippen molar-refractivity contribution in [2.24, 2.45) is 0 Å². The van der Waals surface area contributed by atoms with Gasteiger partial charge in [0.15, 0.2) is 10.8 Å². The number of anilines is 1. The Bertz CT molecular complexity index is 406. The predicted molar refractivity (Wildman–Crippen MR) is 61.4 cm³/mol. The van der Waals surface area contributed by atoms with E-state index in [-0.39, 0.29) is 6.61 Å². The fourth-order valence-electron chi connectivity index (χ4n) is 0.892. The summed E-state index contributed by atoms with van der Waals surface area (Å²) < 4.78 is 4.80. The quantitative estimate of drug-likeness (QED) is 0.599. The first kappa shape index (κ1) is 12.5. The molecule has 6 heteroatoms. The second kappa shape index (κ2) is 6.82. The van der Waals surface area contributed by atoms with E-state index in [1.54, 1.807) is 12.3 Å².